The molecule has 0 bridgehead atoms. The summed E-state index contributed by atoms with van der Waals surface area (Å²) in [7, 11) is -3.66. The van der Waals surface area contributed by atoms with E-state index in [1.165, 1.54) is 16.7 Å². The van der Waals surface area contributed by atoms with Gasteiger partial charge in [-0.05, 0) is 44.1 Å². The average molecular weight is 455 g/mol. The molecule has 2 aromatic rings. The summed E-state index contributed by atoms with van der Waals surface area (Å²) in [4.78, 5) is 28.7. The Bertz CT molecular complexity index is 1070. The van der Waals surface area contributed by atoms with Crippen molar-refractivity contribution >= 4 is 37.5 Å². The number of ether oxygens (including phenoxy) is 1. The van der Waals surface area contributed by atoms with Crippen LogP contribution in [0.1, 0.15) is 12.8 Å². The van der Waals surface area contributed by atoms with Gasteiger partial charge in [0.1, 0.15) is 6.54 Å². The number of sulfonamides is 1. The topological polar surface area (TPSA) is 101 Å². The minimum atomic E-state index is -3.66. The fourth-order valence-corrected chi connectivity index (χ4v) is 5.89. The van der Waals surface area contributed by atoms with Gasteiger partial charge in [-0.15, -0.1) is 0 Å². The Morgan fingerprint density at radius 2 is 1.87 bits per heavy atom. The Morgan fingerprint density at radius 1 is 1.13 bits per heavy atom. The average Bonchev–Trinajstić information content (AvgIpc) is 3.36. The number of likely N-dealkylation sites (tertiary alicyclic amines) is 1. The van der Waals surface area contributed by atoms with E-state index >= 15 is 0 Å². The zero-order valence-electron chi connectivity index (χ0n) is 16.7. The standard InChI is InChI=1S/C19H26N4O5S2/c24-18(22-9-11-28-12-10-22)14-23-16-4-3-15(13-17(16)29-19(23)25)30(26,27)20-5-8-21-6-1-2-7-21/h3-4,13,20H,1-2,5-12,14H2. The molecule has 0 radical (unpaired) electrons. The van der Waals surface area contributed by atoms with E-state index in [9.17, 15) is 18.0 Å². The molecular weight excluding hydrogens is 428 g/mol. The molecule has 11 heteroatoms. The maximum absolute atomic E-state index is 12.6. The van der Waals surface area contributed by atoms with Gasteiger partial charge in [-0.25, -0.2) is 13.1 Å². The number of hydrogen-bond donors (Lipinski definition) is 1. The summed E-state index contributed by atoms with van der Waals surface area (Å²) >= 11 is 0.953. The Balaban J connectivity index is 1.47. The van der Waals surface area contributed by atoms with Gasteiger partial charge >= 0.3 is 4.87 Å². The lowest BCUT2D eigenvalue weighted by Gasteiger charge is -2.26. The van der Waals surface area contributed by atoms with Crippen LogP contribution in [-0.2, 0) is 26.1 Å². The molecule has 0 spiro atoms. The van der Waals surface area contributed by atoms with Gasteiger partial charge in [0.05, 0.1) is 28.3 Å². The first kappa shape index (κ1) is 21.4. The molecule has 2 saturated heterocycles. The lowest BCUT2D eigenvalue weighted by atomic mass is 10.3. The predicted molar refractivity (Wildman–Crippen MR) is 114 cm³/mol. The van der Waals surface area contributed by atoms with Crippen molar-refractivity contribution in [1.29, 1.82) is 0 Å². The second-order valence-electron chi connectivity index (χ2n) is 7.52. The van der Waals surface area contributed by atoms with Crippen LogP contribution in [0.15, 0.2) is 27.9 Å². The van der Waals surface area contributed by atoms with Crippen molar-refractivity contribution in [2.75, 3.05) is 52.5 Å². The molecule has 1 N–H and O–H groups in total. The fraction of sp³-hybridized carbons (Fsp3) is 0.579. The predicted octanol–water partition coefficient (Wildman–Crippen LogP) is 0.296. The number of nitrogens with zero attached hydrogens (tertiary/aromatic N) is 3. The molecule has 3 heterocycles. The summed E-state index contributed by atoms with van der Waals surface area (Å²) in [6.45, 7) is 5.03. The minimum Gasteiger partial charge on any atom is -0.378 e. The van der Waals surface area contributed by atoms with Crippen LogP contribution in [0.4, 0.5) is 0 Å². The lowest BCUT2D eigenvalue weighted by molar-refractivity contribution is -0.135. The second-order valence-corrected chi connectivity index (χ2v) is 10.3. The van der Waals surface area contributed by atoms with Gasteiger partial charge in [0, 0.05) is 26.2 Å². The molecule has 1 amide bonds. The molecule has 164 valence electrons. The maximum Gasteiger partial charge on any atom is 0.308 e. The van der Waals surface area contributed by atoms with E-state index in [2.05, 4.69) is 9.62 Å². The summed E-state index contributed by atoms with van der Waals surface area (Å²) in [5.74, 6) is -0.139. The zero-order valence-corrected chi connectivity index (χ0v) is 18.3. The van der Waals surface area contributed by atoms with E-state index in [0.717, 1.165) is 37.3 Å². The molecule has 9 nitrogen and oxygen atoms in total. The van der Waals surface area contributed by atoms with Crippen LogP contribution in [0.5, 0.6) is 0 Å². The molecule has 0 saturated carbocycles. The zero-order chi connectivity index (χ0) is 21.1. The third kappa shape index (κ3) is 4.75. The Kier molecular flexibility index (Phi) is 6.54. The van der Waals surface area contributed by atoms with E-state index in [-0.39, 0.29) is 22.2 Å². The number of nitrogens with one attached hydrogen (secondary N) is 1. The molecule has 30 heavy (non-hydrogen) atoms. The quantitative estimate of drug-likeness (QED) is 0.646. The monoisotopic (exact) mass is 454 g/mol. The highest BCUT2D eigenvalue weighted by Crippen LogP contribution is 2.22. The minimum absolute atomic E-state index is 0.0565. The van der Waals surface area contributed by atoms with E-state index < -0.39 is 10.0 Å². The van der Waals surface area contributed by atoms with Crippen molar-refractivity contribution < 1.29 is 17.9 Å². The third-order valence-electron chi connectivity index (χ3n) is 5.53. The van der Waals surface area contributed by atoms with Gasteiger partial charge in [0.2, 0.25) is 15.9 Å². The molecule has 0 atom stereocenters. The Labute approximate surface area is 179 Å². The fourth-order valence-electron chi connectivity index (χ4n) is 3.84. The molecule has 2 fully saturated rings. The third-order valence-corrected chi connectivity index (χ3v) is 7.93. The van der Waals surface area contributed by atoms with Crippen molar-refractivity contribution in [1.82, 2.24) is 19.1 Å². The summed E-state index contributed by atoms with van der Waals surface area (Å²) in [5.41, 5.74) is 0.572. The SMILES string of the molecule is O=C(Cn1c(=O)sc2cc(S(=O)(=O)NCCN3CCCC3)ccc21)N1CCOCC1. The van der Waals surface area contributed by atoms with Crippen molar-refractivity contribution in [3.8, 4) is 0 Å². The normalized spacial score (nSPS) is 18.3. The highest BCUT2D eigenvalue weighted by Gasteiger charge is 2.21. The van der Waals surface area contributed by atoms with Crippen molar-refractivity contribution in [3.05, 3.63) is 27.9 Å². The molecule has 2 aliphatic heterocycles. The molecular formula is C19H26N4O5S2. The number of aromatic nitrogens is 1. The Hall–Kier alpha value is -1.79. The van der Waals surface area contributed by atoms with E-state index in [1.807, 2.05) is 0 Å². The van der Waals surface area contributed by atoms with Crippen LogP contribution in [0.25, 0.3) is 10.2 Å². The number of carbonyl (C=O) groups is 1. The van der Waals surface area contributed by atoms with Crippen molar-refractivity contribution in [3.63, 3.8) is 0 Å². The second kappa shape index (κ2) is 9.15. The highest BCUT2D eigenvalue weighted by atomic mass is 32.2. The summed E-state index contributed by atoms with van der Waals surface area (Å²) in [6.07, 6.45) is 2.32. The van der Waals surface area contributed by atoms with Crippen LogP contribution in [0.2, 0.25) is 0 Å². The van der Waals surface area contributed by atoms with Gasteiger partial charge < -0.3 is 14.5 Å². The van der Waals surface area contributed by atoms with Crippen molar-refractivity contribution in [2.45, 2.75) is 24.3 Å². The number of carbonyl (C=O) groups excluding carboxylic acids is 1. The Morgan fingerprint density at radius 3 is 2.60 bits per heavy atom. The summed E-state index contributed by atoms with van der Waals surface area (Å²) in [5, 5.41) is 0. The number of thiazole rings is 1. The first-order valence-electron chi connectivity index (χ1n) is 10.1. The van der Waals surface area contributed by atoms with E-state index in [0.29, 0.717) is 49.6 Å². The van der Waals surface area contributed by atoms with E-state index in [4.69, 9.17) is 4.74 Å². The van der Waals surface area contributed by atoms with Crippen molar-refractivity contribution in [2.24, 2.45) is 0 Å². The lowest BCUT2D eigenvalue weighted by Crippen LogP contribution is -2.43. The smallest absolute Gasteiger partial charge is 0.308 e. The molecule has 0 aliphatic carbocycles. The molecule has 1 aromatic carbocycles. The number of rotatable bonds is 7. The number of amides is 1. The maximum atomic E-state index is 12.6. The highest BCUT2D eigenvalue weighted by molar-refractivity contribution is 7.89. The molecule has 0 unspecified atom stereocenters. The van der Waals surface area contributed by atoms with Crippen LogP contribution >= 0.6 is 11.3 Å². The molecule has 4 rings (SSSR count). The van der Waals surface area contributed by atoms with Gasteiger partial charge in [-0.3, -0.25) is 14.2 Å². The summed E-state index contributed by atoms with van der Waals surface area (Å²) < 4.78 is 35.1. The van der Waals surface area contributed by atoms with Gasteiger partial charge in [-0.1, -0.05) is 11.3 Å². The molecule has 1 aromatic heterocycles. The first-order chi connectivity index (χ1) is 14.4. The molecule has 2 aliphatic rings. The van der Waals surface area contributed by atoms with Crippen LogP contribution in [0, 0.1) is 0 Å². The number of morpholine rings is 1. The van der Waals surface area contributed by atoms with Crippen LogP contribution in [-0.4, -0.2) is 81.2 Å². The largest absolute Gasteiger partial charge is 0.378 e. The summed E-state index contributed by atoms with van der Waals surface area (Å²) in [6, 6.07) is 4.60. The number of hydrogen-bond acceptors (Lipinski definition) is 7. The van der Waals surface area contributed by atoms with Gasteiger partial charge in [-0.2, -0.15) is 0 Å². The van der Waals surface area contributed by atoms with Gasteiger partial charge in [0.15, 0.2) is 0 Å². The van der Waals surface area contributed by atoms with Crippen LogP contribution < -0.4 is 9.60 Å². The van der Waals surface area contributed by atoms with Gasteiger partial charge in [0.25, 0.3) is 0 Å². The number of benzene rings is 1. The number of fused-ring (bicyclic) bond motifs is 1. The van der Waals surface area contributed by atoms with Crippen LogP contribution in [0.3, 0.4) is 0 Å². The first-order valence-corrected chi connectivity index (χ1v) is 12.4. The van der Waals surface area contributed by atoms with E-state index in [1.54, 1.807) is 11.0 Å².